The Morgan fingerprint density at radius 2 is 1.50 bits per heavy atom. The van der Waals surface area contributed by atoms with Gasteiger partial charge in [0.1, 0.15) is 0 Å². The van der Waals surface area contributed by atoms with Gasteiger partial charge >= 0.3 is 9.53 Å². The molecule has 0 aromatic rings. The van der Waals surface area contributed by atoms with E-state index in [2.05, 4.69) is 6.58 Å². The lowest BCUT2D eigenvalue weighted by atomic mass is 10.4. The van der Waals surface area contributed by atoms with E-state index in [4.69, 9.17) is 24.9 Å². The summed E-state index contributed by atoms with van der Waals surface area (Å²) in [7, 11) is 3.05. The third-order valence-electron chi connectivity index (χ3n) is 0.805. The number of alkyl halides is 1. The van der Waals surface area contributed by atoms with E-state index >= 15 is 0 Å². The average molecular weight is 213 g/mol. The second-order valence-electron chi connectivity index (χ2n) is 2.09. The van der Waals surface area contributed by atoms with Crippen molar-refractivity contribution in [2.24, 2.45) is 0 Å². The smallest absolute Gasteiger partial charge is 0.379 e. The van der Waals surface area contributed by atoms with Crippen LogP contribution in [0.4, 0.5) is 0 Å². The summed E-state index contributed by atoms with van der Waals surface area (Å²) >= 11 is 5.24. The first-order valence-corrected chi connectivity index (χ1v) is 5.35. The predicted molar refractivity (Wildman–Crippen MR) is 53.7 cm³/mol. The third-order valence-corrected chi connectivity index (χ3v) is 2.42. The van der Waals surface area contributed by atoms with Crippen molar-refractivity contribution in [2.75, 3.05) is 27.2 Å². The van der Waals surface area contributed by atoms with Crippen LogP contribution in [0, 0.1) is 0 Å². The molecular formula is C7H17ClO3Si. The van der Waals surface area contributed by atoms with Gasteiger partial charge in [0.05, 0.1) is 0 Å². The fraction of sp³-hybridized carbons (Fsp3) is 0.714. The molecule has 0 aromatic carbocycles. The van der Waals surface area contributed by atoms with E-state index in [9.17, 15) is 0 Å². The fourth-order valence-corrected chi connectivity index (χ4v) is 0.866. The molecule has 0 radical (unpaired) electrons. The van der Waals surface area contributed by atoms with Crippen molar-refractivity contribution < 1.29 is 13.3 Å². The Labute approximate surface area is 81.2 Å². The maximum atomic E-state index is 5.24. The summed E-state index contributed by atoms with van der Waals surface area (Å²) in [5, 5.41) is 0. The standard InChI is InChI=1S/C4H7Cl.C3H10O3Si/c1-4(2)3-5;1-4-7(5-2)6-3/h1,3H2,2H3;7H,1-3H3. The van der Waals surface area contributed by atoms with Crippen molar-refractivity contribution in [1.82, 2.24) is 0 Å². The first kappa shape index (κ1) is 14.6. The molecule has 0 aliphatic carbocycles. The minimum atomic E-state index is -1.67. The molecule has 0 atom stereocenters. The fourth-order valence-electron chi connectivity index (χ4n) is 0.289. The van der Waals surface area contributed by atoms with E-state index in [0.29, 0.717) is 5.88 Å². The van der Waals surface area contributed by atoms with E-state index in [-0.39, 0.29) is 0 Å². The zero-order chi connectivity index (χ0) is 9.98. The van der Waals surface area contributed by atoms with Gasteiger partial charge in [0.2, 0.25) is 0 Å². The van der Waals surface area contributed by atoms with Gasteiger partial charge < -0.3 is 13.3 Å². The SMILES string of the molecule is C=C(C)CCl.CO[SiH](OC)OC. The van der Waals surface area contributed by atoms with Crippen LogP contribution in [0.2, 0.25) is 0 Å². The van der Waals surface area contributed by atoms with Gasteiger partial charge in [0.15, 0.2) is 0 Å². The van der Waals surface area contributed by atoms with Crippen LogP contribution in [0.5, 0.6) is 0 Å². The lowest BCUT2D eigenvalue weighted by molar-refractivity contribution is 0.163. The molecule has 0 spiro atoms. The number of allylic oxidation sites excluding steroid dienone is 1. The summed E-state index contributed by atoms with van der Waals surface area (Å²) in [6, 6.07) is 0. The van der Waals surface area contributed by atoms with Crippen molar-refractivity contribution in [1.29, 1.82) is 0 Å². The Balaban J connectivity index is 0. The monoisotopic (exact) mass is 212 g/mol. The van der Waals surface area contributed by atoms with Gasteiger partial charge in [-0.05, 0) is 6.92 Å². The van der Waals surface area contributed by atoms with Crippen LogP contribution >= 0.6 is 11.6 Å². The van der Waals surface area contributed by atoms with Crippen LogP contribution in [-0.2, 0) is 13.3 Å². The van der Waals surface area contributed by atoms with Crippen LogP contribution in [0.1, 0.15) is 6.92 Å². The third kappa shape index (κ3) is 12.8. The summed E-state index contributed by atoms with van der Waals surface area (Å²) in [4.78, 5) is 0. The van der Waals surface area contributed by atoms with Crippen LogP contribution in [0.15, 0.2) is 12.2 Å². The lowest BCUT2D eigenvalue weighted by Gasteiger charge is -2.05. The zero-order valence-corrected chi connectivity index (χ0v) is 10.0. The molecule has 0 aliphatic rings. The second kappa shape index (κ2) is 11.1. The van der Waals surface area contributed by atoms with Crippen LogP contribution in [-0.4, -0.2) is 36.7 Å². The Hall–Kier alpha value is 0.127. The highest BCUT2D eigenvalue weighted by Gasteiger charge is 2.04. The molecule has 3 nitrogen and oxygen atoms in total. The summed E-state index contributed by atoms with van der Waals surface area (Å²) in [5.74, 6) is 0.583. The van der Waals surface area contributed by atoms with E-state index in [1.807, 2.05) is 6.92 Å². The molecule has 0 N–H and O–H groups in total. The molecular weight excluding hydrogens is 196 g/mol. The molecule has 0 saturated carbocycles. The molecule has 0 saturated heterocycles. The highest BCUT2D eigenvalue weighted by molar-refractivity contribution is 6.36. The number of hydrogen-bond acceptors (Lipinski definition) is 3. The molecule has 0 fully saturated rings. The first-order valence-electron chi connectivity index (χ1n) is 3.41. The van der Waals surface area contributed by atoms with E-state index < -0.39 is 9.53 Å². The highest BCUT2D eigenvalue weighted by atomic mass is 35.5. The zero-order valence-electron chi connectivity index (χ0n) is 8.09. The quantitative estimate of drug-likeness (QED) is 0.401. The van der Waals surface area contributed by atoms with Crippen molar-refractivity contribution >= 4 is 21.1 Å². The number of rotatable bonds is 4. The second-order valence-corrected chi connectivity index (χ2v) is 4.35. The van der Waals surface area contributed by atoms with Gasteiger partial charge in [-0.1, -0.05) is 12.2 Å². The molecule has 0 aliphatic heterocycles. The summed E-state index contributed by atoms with van der Waals surface area (Å²) in [6.45, 7) is 5.44. The van der Waals surface area contributed by atoms with Crippen LogP contribution in [0.25, 0.3) is 0 Å². The summed E-state index contributed by atoms with van der Waals surface area (Å²) in [5.41, 5.74) is 1.02. The maximum absolute atomic E-state index is 5.24. The molecule has 0 rings (SSSR count). The molecule has 0 bridgehead atoms. The van der Waals surface area contributed by atoms with Crippen LogP contribution < -0.4 is 0 Å². The molecule has 0 amide bonds. The van der Waals surface area contributed by atoms with Crippen molar-refractivity contribution in [3.63, 3.8) is 0 Å². The van der Waals surface area contributed by atoms with Crippen molar-refractivity contribution in [3.05, 3.63) is 12.2 Å². The normalized spacial score (nSPS) is 9.17. The predicted octanol–water partition coefficient (Wildman–Crippen LogP) is 1.44. The van der Waals surface area contributed by atoms with E-state index in [1.165, 1.54) is 0 Å². The Kier molecular flexibility index (Phi) is 13.6. The topological polar surface area (TPSA) is 27.7 Å². The molecule has 12 heavy (non-hydrogen) atoms. The Morgan fingerprint density at radius 1 is 1.25 bits per heavy atom. The Morgan fingerprint density at radius 3 is 1.50 bits per heavy atom. The average Bonchev–Trinajstić information content (AvgIpc) is 2.09. The van der Waals surface area contributed by atoms with Crippen molar-refractivity contribution in [2.45, 2.75) is 6.92 Å². The largest absolute Gasteiger partial charge is 0.483 e. The van der Waals surface area contributed by atoms with Gasteiger partial charge in [0, 0.05) is 27.2 Å². The minimum Gasteiger partial charge on any atom is -0.379 e. The molecule has 5 heteroatoms. The highest BCUT2D eigenvalue weighted by Crippen LogP contribution is 1.86. The number of halogens is 1. The maximum Gasteiger partial charge on any atom is 0.483 e. The van der Waals surface area contributed by atoms with E-state index in [1.54, 1.807) is 21.3 Å². The first-order chi connectivity index (χ1) is 5.62. The van der Waals surface area contributed by atoms with Gasteiger partial charge in [-0.2, -0.15) is 0 Å². The van der Waals surface area contributed by atoms with Gasteiger partial charge in [-0.3, -0.25) is 0 Å². The minimum absolute atomic E-state index is 0.583. The molecule has 0 heterocycles. The lowest BCUT2D eigenvalue weighted by Crippen LogP contribution is -2.21. The Bertz CT molecular complexity index is 101. The van der Waals surface area contributed by atoms with E-state index in [0.717, 1.165) is 5.57 Å². The van der Waals surface area contributed by atoms with Gasteiger partial charge in [-0.25, -0.2) is 0 Å². The summed E-state index contributed by atoms with van der Waals surface area (Å²) in [6.07, 6.45) is 0. The molecule has 0 aromatic heterocycles. The van der Waals surface area contributed by atoms with Crippen LogP contribution in [0.3, 0.4) is 0 Å². The van der Waals surface area contributed by atoms with Gasteiger partial charge in [-0.15, -0.1) is 11.6 Å². The summed E-state index contributed by atoms with van der Waals surface area (Å²) < 4.78 is 14.2. The van der Waals surface area contributed by atoms with Gasteiger partial charge in [0.25, 0.3) is 0 Å². The molecule has 0 unspecified atom stereocenters. The van der Waals surface area contributed by atoms with Crippen molar-refractivity contribution in [3.8, 4) is 0 Å². The number of hydrogen-bond donors (Lipinski definition) is 0. The molecule has 74 valence electrons.